The first kappa shape index (κ1) is 14.8. The molecule has 1 atom stereocenters. The van der Waals surface area contributed by atoms with Gasteiger partial charge in [-0.25, -0.2) is 4.98 Å². The first-order chi connectivity index (χ1) is 9.15. The molecule has 0 radical (unpaired) electrons. The molecule has 1 unspecified atom stereocenters. The molecule has 0 amide bonds. The Morgan fingerprint density at radius 2 is 2.26 bits per heavy atom. The fourth-order valence-electron chi connectivity index (χ4n) is 1.90. The van der Waals surface area contributed by atoms with E-state index < -0.39 is 0 Å². The van der Waals surface area contributed by atoms with Crippen LogP contribution in [-0.4, -0.2) is 31.2 Å². The van der Waals surface area contributed by atoms with Gasteiger partial charge in [-0.05, 0) is 26.2 Å². The van der Waals surface area contributed by atoms with Crippen molar-refractivity contribution in [3.63, 3.8) is 0 Å². The number of hydrogen-bond acceptors (Lipinski definition) is 5. The predicted molar refractivity (Wildman–Crippen MR) is 80.8 cm³/mol. The fraction of sp³-hybridized carbons (Fsp3) is 0.786. The quantitative estimate of drug-likeness (QED) is 0.796. The lowest BCUT2D eigenvalue weighted by atomic mass is 10.2. The number of nitrogens with zero attached hydrogens (tertiary/aromatic N) is 2. The minimum absolute atomic E-state index is 0.519. The Morgan fingerprint density at radius 1 is 1.53 bits per heavy atom. The van der Waals surface area contributed by atoms with Crippen LogP contribution in [0.15, 0.2) is 0 Å². The maximum atomic E-state index is 5.27. The lowest BCUT2D eigenvalue weighted by Crippen LogP contribution is -2.27. The van der Waals surface area contributed by atoms with Crippen molar-refractivity contribution in [1.29, 1.82) is 0 Å². The van der Waals surface area contributed by atoms with E-state index in [1.807, 2.05) is 0 Å². The van der Waals surface area contributed by atoms with Gasteiger partial charge in [0.05, 0.1) is 12.3 Å². The molecule has 1 saturated carbocycles. The van der Waals surface area contributed by atoms with E-state index in [0.29, 0.717) is 12.6 Å². The molecule has 1 aromatic heterocycles. The third kappa shape index (κ3) is 3.91. The van der Waals surface area contributed by atoms with Crippen LogP contribution in [0.4, 0.5) is 5.13 Å². The minimum Gasteiger partial charge on any atom is -0.378 e. The summed E-state index contributed by atoms with van der Waals surface area (Å²) in [7, 11) is 3.86. The first-order valence-corrected chi connectivity index (χ1v) is 7.91. The number of anilines is 1. The molecule has 1 aromatic rings. The standard InChI is InChI=1S/C14H25N3OS/c1-5-10(2)17(3)14-16-12(9-18-4)13(19-14)8-15-11-6-7-11/h10-11,15H,5-9H2,1-4H3. The van der Waals surface area contributed by atoms with Crippen LogP contribution >= 0.6 is 11.3 Å². The van der Waals surface area contributed by atoms with E-state index in [2.05, 4.69) is 31.1 Å². The number of nitrogens with one attached hydrogen (secondary N) is 1. The van der Waals surface area contributed by atoms with Gasteiger partial charge in [0.1, 0.15) is 0 Å². The minimum atomic E-state index is 0.519. The zero-order chi connectivity index (χ0) is 13.8. The van der Waals surface area contributed by atoms with Crippen LogP contribution in [0.5, 0.6) is 0 Å². The van der Waals surface area contributed by atoms with Gasteiger partial charge in [0, 0.05) is 37.7 Å². The van der Waals surface area contributed by atoms with Gasteiger partial charge in [0.25, 0.3) is 0 Å². The predicted octanol–water partition coefficient (Wildman–Crippen LogP) is 2.78. The van der Waals surface area contributed by atoms with Gasteiger partial charge in [0.15, 0.2) is 5.13 Å². The largest absolute Gasteiger partial charge is 0.378 e. The highest BCUT2D eigenvalue weighted by Gasteiger charge is 2.22. The molecule has 0 saturated heterocycles. The Balaban J connectivity index is 2.08. The molecule has 0 spiro atoms. The Morgan fingerprint density at radius 3 is 2.84 bits per heavy atom. The second kappa shape index (κ2) is 6.68. The molecule has 1 N–H and O–H groups in total. The molecule has 1 fully saturated rings. The number of thiazole rings is 1. The van der Waals surface area contributed by atoms with Crippen LogP contribution in [0, 0.1) is 0 Å². The van der Waals surface area contributed by atoms with Crippen LogP contribution < -0.4 is 10.2 Å². The smallest absolute Gasteiger partial charge is 0.185 e. The van der Waals surface area contributed by atoms with Crippen LogP contribution in [0.25, 0.3) is 0 Å². The SMILES string of the molecule is CCC(C)N(C)c1nc(COC)c(CNC2CC2)s1. The molecule has 1 aliphatic rings. The van der Waals surface area contributed by atoms with Crippen molar-refractivity contribution >= 4 is 16.5 Å². The topological polar surface area (TPSA) is 37.4 Å². The van der Waals surface area contributed by atoms with Crippen LogP contribution in [-0.2, 0) is 17.9 Å². The highest BCUT2D eigenvalue weighted by molar-refractivity contribution is 7.15. The van der Waals surface area contributed by atoms with Gasteiger partial charge >= 0.3 is 0 Å². The molecule has 108 valence electrons. The monoisotopic (exact) mass is 283 g/mol. The van der Waals surface area contributed by atoms with Gasteiger partial charge in [-0.1, -0.05) is 6.92 Å². The van der Waals surface area contributed by atoms with Crippen molar-refractivity contribution in [2.45, 2.75) is 58.3 Å². The normalized spacial score (nSPS) is 16.6. The summed E-state index contributed by atoms with van der Waals surface area (Å²) >= 11 is 1.79. The molecule has 2 rings (SSSR count). The van der Waals surface area contributed by atoms with Crippen molar-refractivity contribution in [1.82, 2.24) is 10.3 Å². The maximum Gasteiger partial charge on any atom is 0.185 e. The number of hydrogen-bond donors (Lipinski definition) is 1. The number of rotatable bonds is 8. The van der Waals surface area contributed by atoms with E-state index in [-0.39, 0.29) is 0 Å². The van der Waals surface area contributed by atoms with Crippen molar-refractivity contribution in [2.24, 2.45) is 0 Å². The zero-order valence-corrected chi connectivity index (χ0v) is 13.2. The van der Waals surface area contributed by atoms with Gasteiger partial charge < -0.3 is 15.0 Å². The molecule has 19 heavy (non-hydrogen) atoms. The molecule has 1 heterocycles. The maximum absolute atomic E-state index is 5.27. The van der Waals surface area contributed by atoms with E-state index in [1.54, 1.807) is 18.4 Å². The second-order valence-corrected chi connectivity index (χ2v) is 6.38. The summed E-state index contributed by atoms with van der Waals surface area (Å²) in [4.78, 5) is 8.33. The zero-order valence-electron chi connectivity index (χ0n) is 12.4. The summed E-state index contributed by atoms with van der Waals surface area (Å²) in [6, 6.07) is 1.25. The van der Waals surface area contributed by atoms with Crippen molar-refractivity contribution in [3.05, 3.63) is 10.6 Å². The Kier molecular flexibility index (Phi) is 5.19. The molecule has 0 bridgehead atoms. The van der Waals surface area contributed by atoms with Crippen molar-refractivity contribution in [2.75, 3.05) is 19.1 Å². The van der Waals surface area contributed by atoms with Crippen molar-refractivity contribution in [3.8, 4) is 0 Å². The first-order valence-electron chi connectivity index (χ1n) is 7.09. The summed E-state index contributed by atoms with van der Waals surface area (Å²) in [5, 5.41) is 4.67. The highest BCUT2D eigenvalue weighted by Crippen LogP contribution is 2.29. The number of methoxy groups -OCH3 is 1. The fourth-order valence-corrected chi connectivity index (χ4v) is 2.97. The van der Waals surface area contributed by atoms with E-state index >= 15 is 0 Å². The Hall–Kier alpha value is -0.650. The molecule has 4 nitrogen and oxygen atoms in total. The van der Waals surface area contributed by atoms with Crippen LogP contribution in [0.1, 0.15) is 43.7 Å². The average Bonchev–Trinajstić information content (AvgIpc) is 3.16. The summed E-state index contributed by atoms with van der Waals surface area (Å²) in [5.74, 6) is 0. The summed E-state index contributed by atoms with van der Waals surface area (Å²) in [6.45, 7) is 5.97. The molecule has 0 aromatic carbocycles. The van der Waals surface area contributed by atoms with Crippen molar-refractivity contribution < 1.29 is 4.74 Å². The molecule has 5 heteroatoms. The Bertz CT molecular complexity index is 403. The highest BCUT2D eigenvalue weighted by atomic mass is 32.1. The number of aromatic nitrogens is 1. The van der Waals surface area contributed by atoms with E-state index in [4.69, 9.17) is 9.72 Å². The molecule has 1 aliphatic carbocycles. The van der Waals surface area contributed by atoms with Crippen LogP contribution in [0.2, 0.25) is 0 Å². The van der Waals surface area contributed by atoms with Gasteiger partial charge in [0.2, 0.25) is 0 Å². The molecular weight excluding hydrogens is 258 g/mol. The summed E-state index contributed by atoms with van der Waals surface area (Å²) in [6.07, 6.45) is 3.77. The number of ether oxygens (including phenoxy) is 1. The van der Waals surface area contributed by atoms with Gasteiger partial charge in [-0.3, -0.25) is 0 Å². The second-order valence-electron chi connectivity index (χ2n) is 5.32. The van der Waals surface area contributed by atoms with E-state index in [9.17, 15) is 0 Å². The third-order valence-corrected chi connectivity index (χ3v) is 4.92. The van der Waals surface area contributed by atoms with E-state index in [1.165, 1.54) is 17.7 Å². The lowest BCUT2D eigenvalue weighted by Gasteiger charge is -2.22. The van der Waals surface area contributed by atoms with Crippen LogP contribution in [0.3, 0.4) is 0 Å². The van der Waals surface area contributed by atoms with E-state index in [0.717, 1.165) is 29.8 Å². The lowest BCUT2D eigenvalue weighted by molar-refractivity contribution is 0.181. The summed E-state index contributed by atoms with van der Waals surface area (Å²) < 4.78 is 5.27. The van der Waals surface area contributed by atoms with Gasteiger partial charge in [-0.15, -0.1) is 11.3 Å². The molecule has 0 aliphatic heterocycles. The third-order valence-electron chi connectivity index (χ3n) is 3.73. The van der Waals surface area contributed by atoms with Gasteiger partial charge in [-0.2, -0.15) is 0 Å². The Labute approximate surface area is 120 Å². The summed E-state index contributed by atoms with van der Waals surface area (Å²) in [5.41, 5.74) is 1.09. The average molecular weight is 283 g/mol. The molecular formula is C14H25N3OS.